The number of unbranched alkanes of at least 4 members (excludes halogenated alkanes) is 7. The van der Waals surface area contributed by atoms with Crippen LogP contribution in [0.3, 0.4) is 0 Å². The summed E-state index contributed by atoms with van der Waals surface area (Å²) in [5.74, 6) is -0.460. The summed E-state index contributed by atoms with van der Waals surface area (Å²) in [6.45, 7) is 8.50. The van der Waals surface area contributed by atoms with Gasteiger partial charge in [-0.3, -0.25) is 4.79 Å². The first-order valence-corrected chi connectivity index (χ1v) is 11.6. The minimum Gasteiger partial charge on any atom is -0.494 e. The van der Waals surface area contributed by atoms with Crippen LogP contribution in [0.4, 0.5) is 0 Å². The van der Waals surface area contributed by atoms with Crippen LogP contribution < -0.4 is 10.1 Å². The van der Waals surface area contributed by atoms with Gasteiger partial charge in [0.05, 0.1) is 6.61 Å². The van der Waals surface area contributed by atoms with Gasteiger partial charge in [-0.15, -0.1) is 0 Å². The van der Waals surface area contributed by atoms with E-state index in [9.17, 15) is 14.7 Å². The maximum absolute atomic E-state index is 12.3. The third kappa shape index (κ3) is 10.1. The normalized spacial score (nSPS) is 12.4. The van der Waals surface area contributed by atoms with Crippen LogP contribution in [0.5, 0.6) is 5.75 Å². The topological polar surface area (TPSA) is 75.6 Å². The summed E-state index contributed by atoms with van der Waals surface area (Å²) in [6.07, 6.45) is 11.0. The highest BCUT2D eigenvalue weighted by Crippen LogP contribution is 2.20. The summed E-state index contributed by atoms with van der Waals surface area (Å²) >= 11 is 0. The monoisotopic (exact) mass is 419 g/mol. The minimum atomic E-state index is -1.02. The zero-order valence-electron chi connectivity index (χ0n) is 19.3. The number of nitrogens with one attached hydrogen (secondary N) is 1. The second-order valence-electron chi connectivity index (χ2n) is 8.77. The number of carboxylic acids is 1. The van der Waals surface area contributed by atoms with Crippen molar-refractivity contribution < 1.29 is 19.4 Å². The molecule has 5 heteroatoms. The lowest BCUT2D eigenvalue weighted by molar-refractivity contribution is -0.143. The van der Waals surface area contributed by atoms with Crippen molar-refractivity contribution >= 4 is 11.9 Å². The van der Waals surface area contributed by atoms with Gasteiger partial charge in [-0.2, -0.15) is 0 Å². The molecule has 1 unspecified atom stereocenters. The predicted octanol–water partition coefficient (Wildman–Crippen LogP) is 5.75. The Morgan fingerprint density at radius 1 is 0.967 bits per heavy atom. The lowest BCUT2D eigenvalue weighted by atomic mass is 9.88. The number of carboxylic acid groups (broad SMARTS) is 1. The summed E-state index contributed by atoms with van der Waals surface area (Å²) in [5.41, 5.74) is 0.275. The molecule has 5 nitrogen and oxygen atoms in total. The average Bonchev–Trinajstić information content (AvgIpc) is 2.73. The molecule has 2 N–H and O–H groups in total. The zero-order valence-corrected chi connectivity index (χ0v) is 19.3. The van der Waals surface area contributed by atoms with Gasteiger partial charge in [-0.05, 0) is 30.5 Å². The maximum Gasteiger partial charge on any atom is 0.326 e. The van der Waals surface area contributed by atoms with E-state index >= 15 is 0 Å². The summed E-state index contributed by atoms with van der Waals surface area (Å²) in [6, 6.07) is 6.55. The molecule has 0 saturated heterocycles. The molecular weight excluding hydrogens is 378 g/mol. The first-order valence-electron chi connectivity index (χ1n) is 11.6. The fraction of sp³-hybridized carbons (Fsp3) is 0.680. The van der Waals surface area contributed by atoms with Gasteiger partial charge in [-0.1, -0.05) is 84.8 Å². The standard InChI is InChI=1S/C25H41NO4/c1-5-7-8-9-10-11-12-13-18-30-21-16-14-20(15-17-21)19-22(23(27)28)26-24(29)25(3,4)6-2/h14-17,22H,5-13,18-19H2,1-4H3,(H,26,29)(H,27,28). The molecule has 170 valence electrons. The van der Waals surface area contributed by atoms with Crippen molar-refractivity contribution in [3.8, 4) is 5.75 Å². The van der Waals surface area contributed by atoms with E-state index in [-0.39, 0.29) is 12.3 Å². The fourth-order valence-corrected chi connectivity index (χ4v) is 3.10. The number of ether oxygens (including phenoxy) is 1. The quantitative estimate of drug-likeness (QED) is 0.334. The largest absolute Gasteiger partial charge is 0.494 e. The third-order valence-corrected chi connectivity index (χ3v) is 5.73. The van der Waals surface area contributed by atoms with Crippen molar-refractivity contribution in [1.82, 2.24) is 5.32 Å². The van der Waals surface area contributed by atoms with Crippen molar-refractivity contribution in [2.24, 2.45) is 5.41 Å². The van der Waals surface area contributed by atoms with E-state index in [1.165, 1.54) is 44.9 Å². The first kappa shape index (κ1) is 26.0. The van der Waals surface area contributed by atoms with Crippen LogP contribution in [0.1, 0.15) is 91.0 Å². The molecule has 1 amide bonds. The second kappa shape index (κ2) is 14.1. The van der Waals surface area contributed by atoms with E-state index in [2.05, 4.69) is 12.2 Å². The molecule has 1 aromatic carbocycles. The van der Waals surface area contributed by atoms with Gasteiger partial charge in [0.1, 0.15) is 11.8 Å². The van der Waals surface area contributed by atoms with Crippen molar-refractivity contribution in [2.45, 2.75) is 97.9 Å². The third-order valence-electron chi connectivity index (χ3n) is 5.73. The molecule has 0 saturated carbocycles. The van der Waals surface area contributed by atoms with Crippen LogP contribution in [-0.4, -0.2) is 29.6 Å². The molecular formula is C25H41NO4. The molecule has 0 aliphatic carbocycles. The predicted molar refractivity (Wildman–Crippen MR) is 122 cm³/mol. The van der Waals surface area contributed by atoms with E-state index in [1.54, 1.807) is 0 Å². The van der Waals surface area contributed by atoms with Gasteiger partial charge >= 0.3 is 5.97 Å². The van der Waals surface area contributed by atoms with Crippen LogP contribution in [-0.2, 0) is 16.0 Å². The Balaban J connectivity index is 2.38. The summed E-state index contributed by atoms with van der Waals surface area (Å²) < 4.78 is 5.80. The molecule has 30 heavy (non-hydrogen) atoms. The Bertz CT molecular complexity index is 625. The Hall–Kier alpha value is -2.04. The number of hydrogen-bond donors (Lipinski definition) is 2. The van der Waals surface area contributed by atoms with E-state index in [0.29, 0.717) is 13.0 Å². The zero-order chi connectivity index (χ0) is 22.4. The van der Waals surface area contributed by atoms with Gasteiger partial charge in [0.2, 0.25) is 5.91 Å². The average molecular weight is 420 g/mol. The molecule has 0 bridgehead atoms. The SMILES string of the molecule is CCCCCCCCCCOc1ccc(CC(NC(=O)C(C)(C)CC)C(=O)O)cc1. The van der Waals surface area contributed by atoms with Crippen molar-refractivity contribution in [3.63, 3.8) is 0 Å². The Labute approximate surface area is 182 Å². The molecule has 0 aliphatic rings. The van der Waals surface area contributed by atoms with Gasteiger partial charge in [-0.25, -0.2) is 4.79 Å². The van der Waals surface area contributed by atoms with Crippen molar-refractivity contribution in [3.05, 3.63) is 29.8 Å². The van der Waals surface area contributed by atoms with E-state index in [0.717, 1.165) is 17.7 Å². The molecule has 1 rings (SSSR count). The van der Waals surface area contributed by atoms with Crippen molar-refractivity contribution in [1.29, 1.82) is 0 Å². The van der Waals surface area contributed by atoms with Crippen LogP contribution >= 0.6 is 0 Å². The molecule has 1 aromatic rings. The van der Waals surface area contributed by atoms with Crippen LogP contribution in [0, 0.1) is 5.41 Å². The molecule has 0 fully saturated rings. The van der Waals surface area contributed by atoms with Crippen LogP contribution in [0.25, 0.3) is 0 Å². The smallest absolute Gasteiger partial charge is 0.326 e. The summed E-state index contributed by atoms with van der Waals surface area (Å²) in [5, 5.41) is 12.2. The number of hydrogen-bond acceptors (Lipinski definition) is 3. The van der Waals surface area contributed by atoms with Gasteiger partial charge in [0.15, 0.2) is 0 Å². The molecule has 0 aliphatic heterocycles. The highest BCUT2D eigenvalue weighted by Gasteiger charge is 2.29. The highest BCUT2D eigenvalue weighted by molar-refractivity contribution is 5.87. The molecule has 0 radical (unpaired) electrons. The lowest BCUT2D eigenvalue weighted by Crippen LogP contribution is -2.47. The second-order valence-corrected chi connectivity index (χ2v) is 8.77. The number of amides is 1. The molecule has 0 aromatic heterocycles. The fourth-order valence-electron chi connectivity index (χ4n) is 3.10. The van der Waals surface area contributed by atoms with Gasteiger partial charge < -0.3 is 15.2 Å². The Morgan fingerprint density at radius 2 is 1.53 bits per heavy atom. The number of aliphatic carboxylic acids is 1. The summed E-state index contributed by atoms with van der Waals surface area (Å²) in [7, 11) is 0. The number of benzene rings is 1. The molecule has 0 heterocycles. The minimum absolute atomic E-state index is 0.234. The Morgan fingerprint density at radius 3 is 2.07 bits per heavy atom. The number of carbonyl (C=O) groups excluding carboxylic acids is 1. The Kier molecular flexibility index (Phi) is 12.2. The number of carbonyl (C=O) groups is 2. The maximum atomic E-state index is 12.3. The van der Waals surface area contributed by atoms with E-state index < -0.39 is 17.4 Å². The number of rotatable bonds is 16. The first-order chi connectivity index (χ1) is 14.3. The van der Waals surface area contributed by atoms with E-state index in [1.807, 2.05) is 45.0 Å². The van der Waals surface area contributed by atoms with Gasteiger partial charge in [0, 0.05) is 11.8 Å². The van der Waals surface area contributed by atoms with Crippen LogP contribution in [0.2, 0.25) is 0 Å². The van der Waals surface area contributed by atoms with Crippen molar-refractivity contribution in [2.75, 3.05) is 6.61 Å². The van der Waals surface area contributed by atoms with Crippen LogP contribution in [0.15, 0.2) is 24.3 Å². The lowest BCUT2D eigenvalue weighted by Gasteiger charge is -2.24. The van der Waals surface area contributed by atoms with Gasteiger partial charge in [0.25, 0.3) is 0 Å². The highest BCUT2D eigenvalue weighted by atomic mass is 16.5. The molecule has 1 atom stereocenters. The molecule has 0 spiro atoms. The van der Waals surface area contributed by atoms with E-state index in [4.69, 9.17) is 4.74 Å². The summed E-state index contributed by atoms with van der Waals surface area (Å²) in [4.78, 5) is 23.9.